The van der Waals surface area contributed by atoms with Crippen LogP contribution in [0.3, 0.4) is 0 Å². The summed E-state index contributed by atoms with van der Waals surface area (Å²) in [6.07, 6.45) is 0. The Balaban J connectivity index is 2.25. The van der Waals surface area contributed by atoms with E-state index in [1.54, 1.807) is 30.3 Å². The van der Waals surface area contributed by atoms with E-state index in [1.807, 2.05) is 0 Å². The highest BCUT2D eigenvalue weighted by molar-refractivity contribution is 7.90. The zero-order chi connectivity index (χ0) is 19.3. The first-order valence-electron chi connectivity index (χ1n) is 7.24. The van der Waals surface area contributed by atoms with E-state index >= 15 is 0 Å². The number of primary sulfonamides is 1. The van der Waals surface area contributed by atoms with Crippen molar-refractivity contribution in [3.63, 3.8) is 0 Å². The van der Waals surface area contributed by atoms with Gasteiger partial charge in [0, 0.05) is 7.05 Å². The average Bonchev–Trinajstić information content (AvgIpc) is 2.56. The van der Waals surface area contributed by atoms with Crippen LogP contribution in [-0.2, 0) is 26.6 Å². The molecule has 11 heteroatoms. The summed E-state index contributed by atoms with van der Waals surface area (Å²) in [6.45, 7) is 0.0809. The Morgan fingerprint density at radius 2 is 1.77 bits per heavy atom. The van der Waals surface area contributed by atoms with Gasteiger partial charge in [0.15, 0.2) is 0 Å². The van der Waals surface area contributed by atoms with Crippen LogP contribution in [0.15, 0.2) is 52.3 Å². The quantitative estimate of drug-likeness (QED) is 0.819. The molecule has 2 amide bonds. The third kappa shape index (κ3) is 3.05. The highest BCUT2D eigenvalue weighted by atomic mass is 35.5. The third-order valence-electron chi connectivity index (χ3n) is 3.93. The van der Waals surface area contributed by atoms with Gasteiger partial charge in [-0.05, 0) is 17.7 Å². The van der Waals surface area contributed by atoms with Crippen molar-refractivity contribution in [2.75, 3.05) is 11.9 Å². The van der Waals surface area contributed by atoms with Crippen molar-refractivity contribution in [1.82, 2.24) is 4.31 Å². The second-order valence-corrected chi connectivity index (χ2v) is 9.50. The van der Waals surface area contributed by atoms with E-state index in [1.165, 1.54) is 4.90 Å². The zero-order valence-corrected chi connectivity index (χ0v) is 15.8. The Kier molecular flexibility index (Phi) is 4.47. The van der Waals surface area contributed by atoms with Gasteiger partial charge in [0.1, 0.15) is 9.79 Å². The number of sulfonamides is 2. The summed E-state index contributed by atoms with van der Waals surface area (Å²) in [5.74, 6) is 0. The number of nitrogens with two attached hydrogens (primary N) is 1. The van der Waals surface area contributed by atoms with Crippen LogP contribution in [0, 0.1) is 0 Å². The molecular weight excluding hydrogens is 402 g/mol. The minimum absolute atomic E-state index is 0.00523. The van der Waals surface area contributed by atoms with Crippen LogP contribution >= 0.6 is 11.6 Å². The smallest absolute Gasteiger partial charge is 0.288 e. The van der Waals surface area contributed by atoms with Crippen molar-refractivity contribution >= 4 is 43.4 Å². The van der Waals surface area contributed by atoms with E-state index in [0.717, 1.165) is 24.7 Å². The van der Waals surface area contributed by atoms with Crippen LogP contribution in [0.2, 0.25) is 5.02 Å². The summed E-state index contributed by atoms with van der Waals surface area (Å²) in [5, 5.41) is 4.83. The number of urea groups is 1. The molecular formula is C15H14ClN3O5S2. The Hall–Kier alpha value is -2.14. The standard InChI is InChI=1S/C15H14ClN3O5S2/c1-18-15(20)19(9-10-5-3-2-4-6-10)12-7-11(16)13(25(17,21)22)8-14(12)26(18,23)24/h2-8H,9H2,1H3,(H2,17,21,22). The zero-order valence-electron chi connectivity index (χ0n) is 13.5. The number of nitrogens with zero attached hydrogens (tertiary/aromatic N) is 2. The Bertz CT molecular complexity index is 1100. The van der Waals surface area contributed by atoms with Crippen molar-refractivity contribution in [2.24, 2.45) is 5.14 Å². The molecule has 0 fully saturated rings. The molecule has 2 aromatic carbocycles. The predicted octanol–water partition coefficient (Wildman–Crippen LogP) is 1.75. The molecule has 0 bridgehead atoms. The fourth-order valence-corrected chi connectivity index (χ4v) is 5.07. The van der Waals surface area contributed by atoms with E-state index in [0.29, 0.717) is 4.31 Å². The van der Waals surface area contributed by atoms with Crippen molar-refractivity contribution in [3.05, 3.63) is 53.1 Å². The van der Waals surface area contributed by atoms with Gasteiger partial charge in [0.05, 0.1) is 17.3 Å². The van der Waals surface area contributed by atoms with Crippen LogP contribution in [0.25, 0.3) is 0 Å². The molecule has 0 unspecified atom stereocenters. The fourth-order valence-electron chi connectivity index (χ4n) is 2.60. The second kappa shape index (κ2) is 6.23. The number of hydrogen-bond donors (Lipinski definition) is 1. The highest BCUT2D eigenvalue weighted by Crippen LogP contribution is 2.39. The molecule has 0 spiro atoms. The van der Waals surface area contributed by atoms with Gasteiger partial charge in [-0.3, -0.25) is 4.90 Å². The Morgan fingerprint density at radius 3 is 2.35 bits per heavy atom. The van der Waals surface area contributed by atoms with Gasteiger partial charge >= 0.3 is 6.03 Å². The number of carbonyl (C=O) groups is 1. The molecule has 3 rings (SSSR count). The molecule has 1 heterocycles. The SMILES string of the molecule is CN1C(=O)N(Cc2ccccc2)c2cc(Cl)c(S(N)(=O)=O)cc2S1(=O)=O. The summed E-state index contributed by atoms with van der Waals surface area (Å²) < 4.78 is 49.1. The van der Waals surface area contributed by atoms with E-state index in [4.69, 9.17) is 16.7 Å². The number of carbonyl (C=O) groups excluding carboxylic acids is 1. The normalized spacial score (nSPS) is 16.5. The number of benzene rings is 2. The molecule has 26 heavy (non-hydrogen) atoms. The van der Waals surface area contributed by atoms with E-state index in [2.05, 4.69) is 0 Å². The van der Waals surface area contributed by atoms with Gasteiger partial charge < -0.3 is 0 Å². The number of rotatable bonds is 3. The first kappa shape index (κ1) is 18.6. The summed E-state index contributed by atoms with van der Waals surface area (Å²) in [4.78, 5) is 12.9. The number of hydrogen-bond acceptors (Lipinski definition) is 5. The molecule has 0 aliphatic carbocycles. The largest absolute Gasteiger partial charge is 0.338 e. The minimum Gasteiger partial charge on any atom is -0.288 e. The Labute approximate surface area is 155 Å². The molecule has 0 atom stereocenters. The molecule has 0 radical (unpaired) electrons. The lowest BCUT2D eigenvalue weighted by molar-refractivity contribution is 0.232. The number of anilines is 1. The number of amides is 2. The van der Waals surface area contributed by atoms with Crippen molar-refractivity contribution in [3.8, 4) is 0 Å². The number of fused-ring (bicyclic) bond motifs is 1. The molecule has 0 aromatic heterocycles. The van der Waals surface area contributed by atoms with Crippen LogP contribution in [0.4, 0.5) is 10.5 Å². The van der Waals surface area contributed by atoms with Gasteiger partial charge in [0.25, 0.3) is 10.0 Å². The lowest BCUT2D eigenvalue weighted by atomic mass is 10.2. The lowest BCUT2D eigenvalue weighted by Crippen LogP contribution is -2.48. The maximum Gasteiger partial charge on any atom is 0.338 e. The van der Waals surface area contributed by atoms with Gasteiger partial charge in [-0.2, -0.15) is 0 Å². The average molecular weight is 416 g/mol. The molecule has 1 aliphatic rings. The van der Waals surface area contributed by atoms with Crippen LogP contribution in [0.5, 0.6) is 0 Å². The molecule has 0 saturated heterocycles. The van der Waals surface area contributed by atoms with Gasteiger partial charge in [-0.1, -0.05) is 41.9 Å². The molecule has 2 aromatic rings. The first-order chi connectivity index (χ1) is 12.0. The van der Waals surface area contributed by atoms with Gasteiger partial charge in [-0.15, -0.1) is 0 Å². The van der Waals surface area contributed by atoms with Crippen molar-refractivity contribution in [1.29, 1.82) is 0 Å². The van der Waals surface area contributed by atoms with Crippen LogP contribution < -0.4 is 10.0 Å². The summed E-state index contributed by atoms with van der Waals surface area (Å²) in [5.41, 5.74) is 0.750. The van der Waals surface area contributed by atoms with Crippen LogP contribution in [0.1, 0.15) is 5.56 Å². The highest BCUT2D eigenvalue weighted by Gasteiger charge is 2.40. The van der Waals surface area contributed by atoms with E-state index < -0.39 is 31.0 Å². The molecule has 0 saturated carbocycles. The minimum atomic E-state index is -4.24. The molecule has 8 nitrogen and oxygen atoms in total. The topological polar surface area (TPSA) is 118 Å². The van der Waals surface area contributed by atoms with Crippen LogP contribution in [-0.4, -0.2) is 34.2 Å². The van der Waals surface area contributed by atoms with E-state index in [9.17, 15) is 21.6 Å². The fraction of sp³-hybridized carbons (Fsp3) is 0.133. The van der Waals surface area contributed by atoms with Crippen molar-refractivity contribution < 1.29 is 21.6 Å². The molecule has 1 aliphatic heterocycles. The molecule has 2 N–H and O–H groups in total. The molecule has 138 valence electrons. The first-order valence-corrected chi connectivity index (χ1v) is 10.6. The number of halogens is 1. The summed E-state index contributed by atoms with van der Waals surface area (Å²) in [7, 11) is -7.37. The van der Waals surface area contributed by atoms with Gasteiger partial charge in [-0.25, -0.2) is 31.1 Å². The lowest BCUT2D eigenvalue weighted by Gasteiger charge is -2.34. The maximum absolute atomic E-state index is 12.6. The monoisotopic (exact) mass is 415 g/mol. The predicted molar refractivity (Wildman–Crippen MR) is 95.8 cm³/mol. The maximum atomic E-state index is 12.6. The van der Waals surface area contributed by atoms with Crippen molar-refractivity contribution in [2.45, 2.75) is 16.3 Å². The second-order valence-electron chi connectivity index (χ2n) is 5.62. The Morgan fingerprint density at radius 1 is 1.15 bits per heavy atom. The summed E-state index contributed by atoms with van der Waals surface area (Å²) >= 11 is 5.99. The van der Waals surface area contributed by atoms with E-state index in [-0.39, 0.29) is 22.2 Å². The van der Waals surface area contributed by atoms with Gasteiger partial charge in [0.2, 0.25) is 10.0 Å². The third-order valence-corrected chi connectivity index (χ3v) is 7.07. The summed E-state index contributed by atoms with van der Waals surface area (Å²) in [6, 6.07) is 10.1.